The lowest BCUT2D eigenvalue weighted by molar-refractivity contribution is 0.0941. The molecule has 2 nitrogen and oxygen atoms in total. The fourth-order valence-corrected chi connectivity index (χ4v) is 1.77. The Morgan fingerprint density at radius 3 is 3.00 bits per heavy atom. The number of halogens is 2. The third-order valence-corrected chi connectivity index (χ3v) is 2.80. The van der Waals surface area contributed by atoms with Crippen molar-refractivity contribution >= 4 is 33.4 Å². The predicted molar refractivity (Wildman–Crippen MR) is 69.5 cm³/mol. The molecule has 0 fully saturated rings. The van der Waals surface area contributed by atoms with E-state index in [1.165, 1.54) is 0 Å². The normalized spacial score (nSPS) is 11.6. The highest BCUT2D eigenvalue weighted by Gasteiger charge is 2.12. The smallest absolute Gasteiger partial charge is 0.253 e. The quantitative estimate of drug-likeness (QED) is 0.853. The first-order valence-electron chi connectivity index (χ1n) is 4.74. The fraction of sp³-hybridized carbons (Fsp3) is 0.250. The Hall–Kier alpha value is -0.980. The summed E-state index contributed by atoms with van der Waals surface area (Å²) in [4.78, 5) is 11.8. The molecule has 1 unspecified atom stereocenters. The van der Waals surface area contributed by atoms with Gasteiger partial charge in [-0.1, -0.05) is 27.5 Å². The van der Waals surface area contributed by atoms with Crippen molar-refractivity contribution < 1.29 is 4.79 Å². The van der Waals surface area contributed by atoms with Crippen LogP contribution in [0.2, 0.25) is 5.02 Å². The van der Waals surface area contributed by atoms with Crippen molar-refractivity contribution in [1.29, 1.82) is 0 Å². The van der Waals surface area contributed by atoms with Crippen LogP contribution in [0.5, 0.6) is 0 Å². The van der Waals surface area contributed by atoms with Crippen molar-refractivity contribution in [1.82, 2.24) is 5.32 Å². The number of amides is 1. The van der Waals surface area contributed by atoms with Crippen LogP contribution in [0.1, 0.15) is 23.7 Å². The van der Waals surface area contributed by atoms with Gasteiger partial charge in [0.2, 0.25) is 0 Å². The van der Waals surface area contributed by atoms with Crippen LogP contribution in [0.25, 0.3) is 0 Å². The van der Waals surface area contributed by atoms with Gasteiger partial charge in [0.15, 0.2) is 0 Å². The largest absolute Gasteiger partial charge is 0.349 e. The molecule has 0 spiro atoms. The molecule has 4 heteroatoms. The van der Waals surface area contributed by atoms with Crippen LogP contribution < -0.4 is 5.32 Å². The van der Waals surface area contributed by atoms with Gasteiger partial charge in [-0.2, -0.15) is 0 Å². The van der Waals surface area contributed by atoms with Crippen molar-refractivity contribution in [3.63, 3.8) is 0 Å². The maximum atomic E-state index is 11.8. The van der Waals surface area contributed by atoms with Crippen molar-refractivity contribution in [3.8, 4) is 12.3 Å². The maximum absolute atomic E-state index is 11.8. The van der Waals surface area contributed by atoms with Crippen LogP contribution in [-0.2, 0) is 0 Å². The Labute approximate surface area is 109 Å². The van der Waals surface area contributed by atoms with Crippen LogP contribution in [0.3, 0.4) is 0 Å². The lowest BCUT2D eigenvalue weighted by Crippen LogP contribution is -2.32. The third-order valence-electron chi connectivity index (χ3n) is 1.97. The summed E-state index contributed by atoms with van der Waals surface area (Å²) in [5.74, 6) is 2.28. The molecule has 0 aliphatic carbocycles. The van der Waals surface area contributed by atoms with E-state index < -0.39 is 0 Å². The first kappa shape index (κ1) is 13.1. The molecular formula is C12H11BrClNO. The van der Waals surface area contributed by atoms with Gasteiger partial charge in [0.25, 0.3) is 5.91 Å². The highest BCUT2D eigenvalue weighted by molar-refractivity contribution is 9.10. The summed E-state index contributed by atoms with van der Waals surface area (Å²) in [5, 5.41) is 3.20. The molecule has 0 bridgehead atoms. The highest BCUT2D eigenvalue weighted by atomic mass is 79.9. The Balaban J connectivity index is 2.81. The Morgan fingerprint density at radius 1 is 1.69 bits per heavy atom. The van der Waals surface area contributed by atoms with E-state index >= 15 is 0 Å². The second kappa shape index (κ2) is 5.93. The molecule has 0 saturated carbocycles. The van der Waals surface area contributed by atoms with Crippen LogP contribution in [0.4, 0.5) is 0 Å². The summed E-state index contributed by atoms with van der Waals surface area (Å²) >= 11 is 9.22. The Bertz CT molecular complexity index is 439. The van der Waals surface area contributed by atoms with E-state index in [2.05, 4.69) is 27.2 Å². The van der Waals surface area contributed by atoms with E-state index in [9.17, 15) is 4.79 Å². The lowest BCUT2D eigenvalue weighted by atomic mass is 10.2. The van der Waals surface area contributed by atoms with Crippen molar-refractivity contribution in [2.45, 2.75) is 19.4 Å². The van der Waals surface area contributed by atoms with Gasteiger partial charge in [-0.05, 0) is 25.1 Å². The van der Waals surface area contributed by atoms with Crippen molar-refractivity contribution in [2.75, 3.05) is 0 Å². The standard InChI is InChI=1S/C12H11BrClNO/c1-3-4-8(2)15-12(16)10-7-9(13)5-6-11(10)14/h1,5-8H,4H2,2H3,(H,15,16). The van der Waals surface area contributed by atoms with E-state index in [0.29, 0.717) is 17.0 Å². The van der Waals surface area contributed by atoms with Gasteiger partial charge < -0.3 is 5.32 Å². The van der Waals surface area contributed by atoms with E-state index in [4.69, 9.17) is 18.0 Å². The molecule has 1 aromatic carbocycles. The van der Waals surface area contributed by atoms with Crippen molar-refractivity contribution in [2.24, 2.45) is 0 Å². The van der Waals surface area contributed by atoms with E-state index in [0.717, 1.165) is 4.47 Å². The summed E-state index contributed by atoms with van der Waals surface area (Å²) in [6.45, 7) is 1.85. The van der Waals surface area contributed by atoms with E-state index in [1.54, 1.807) is 18.2 Å². The van der Waals surface area contributed by atoms with Gasteiger partial charge in [-0.3, -0.25) is 4.79 Å². The molecular weight excluding hydrogens is 289 g/mol. The summed E-state index contributed by atoms with van der Waals surface area (Å²) in [6, 6.07) is 5.07. The van der Waals surface area contributed by atoms with Gasteiger partial charge in [0, 0.05) is 16.9 Å². The molecule has 16 heavy (non-hydrogen) atoms. The van der Waals surface area contributed by atoms with Gasteiger partial charge >= 0.3 is 0 Å². The predicted octanol–water partition coefficient (Wildman–Crippen LogP) is 3.24. The number of nitrogens with one attached hydrogen (secondary N) is 1. The van der Waals surface area contributed by atoms with Gasteiger partial charge in [0.1, 0.15) is 0 Å². The molecule has 84 valence electrons. The number of terminal acetylenes is 1. The van der Waals surface area contributed by atoms with E-state index in [1.807, 2.05) is 6.92 Å². The van der Waals surface area contributed by atoms with Crippen molar-refractivity contribution in [3.05, 3.63) is 33.3 Å². The fourth-order valence-electron chi connectivity index (χ4n) is 1.20. The van der Waals surface area contributed by atoms with E-state index in [-0.39, 0.29) is 11.9 Å². The zero-order valence-corrected chi connectivity index (χ0v) is 11.1. The molecule has 1 atom stereocenters. The minimum Gasteiger partial charge on any atom is -0.349 e. The SMILES string of the molecule is C#CCC(C)NC(=O)c1cc(Br)ccc1Cl. The summed E-state index contributed by atoms with van der Waals surface area (Å²) < 4.78 is 0.812. The monoisotopic (exact) mass is 299 g/mol. The summed E-state index contributed by atoms with van der Waals surface area (Å²) in [7, 11) is 0. The summed E-state index contributed by atoms with van der Waals surface area (Å²) in [6.07, 6.45) is 5.66. The number of carbonyl (C=O) groups excluding carboxylic acids is 1. The number of carbonyl (C=O) groups is 1. The molecule has 1 aromatic rings. The molecule has 0 aromatic heterocycles. The van der Waals surface area contributed by atoms with Gasteiger partial charge in [0.05, 0.1) is 10.6 Å². The number of hydrogen-bond acceptors (Lipinski definition) is 1. The van der Waals surface area contributed by atoms with Crippen LogP contribution in [0.15, 0.2) is 22.7 Å². The second-order valence-electron chi connectivity index (χ2n) is 3.41. The molecule has 0 aliphatic heterocycles. The number of hydrogen-bond donors (Lipinski definition) is 1. The highest BCUT2D eigenvalue weighted by Crippen LogP contribution is 2.20. The third kappa shape index (κ3) is 3.55. The number of rotatable bonds is 3. The maximum Gasteiger partial charge on any atom is 0.253 e. The lowest BCUT2D eigenvalue weighted by Gasteiger charge is -2.11. The minimum absolute atomic E-state index is 0.0625. The molecule has 0 radical (unpaired) electrons. The molecule has 0 saturated heterocycles. The zero-order chi connectivity index (χ0) is 12.1. The van der Waals surface area contributed by atoms with Gasteiger partial charge in [-0.15, -0.1) is 12.3 Å². The van der Waals surface area contributed by atoms with Crippen LogP contribution in [-0.4, -0.2) is 11.9 Å². The molecule has 1 amide bonds. The molecule has 0 aliphatic rings. The molecule has 0 heterocycles. The van der Waals surface area contributed by atoms with Crippen LogP contribution in [0, 0.1) is 12.3 Å². The molecule has 1 rings (SSSR count). The average Bonchev–Trinajstić information content (AvgIpc) is 2.21. The average molecular weight is 301 g/mol. The Morgan fingerprint density at radius 2 is 2.38 bits per heavy atom. The first-order chi connectivity index (χ1) is 7.54. The van der Waals surface area contributed by atoms with Crippen LogP contribution >= 0.6 is 27.5 Å². The minimum atomic E-state index is -0.214. The molecule has 1 N–H and O–H groups in total. The summed E-state index contributed by atoms with van der Waals surface area (Å²) in [5.41, 5.74) is 0.444. The number of benzene rings is 1. The topological polar surface area (TPSA) is 29.1 Å². The van der Waals surface area contributed by atoms with Gasteiger partial charge in [-0.25, -0.2) is 0 Å². The zero-order valence-electron chi connectivity index (χ0n) is 8.76. The Kier molecular flexibility index (Phi) is 4.85. The second-order valence-corrected chi connectivity index (χ2v) is 4.73. The first-order valence-corrected chi connectivity index (χ1v) is 5.91.